The summed E-state index contributed by atoms with van der Waals surface area (Å²) in [5.74, 6) is -0.0492. The van der Waals surface area contributed by atoms with Gasteiger partial charge in [-0.3, -0.25) is 4.79 Å². The van der Waals surface area contributed by atoms with Crippen LogP contribution >= 0.6 is 0 Å². The van der Waals surface area contributed by atoms with Gasteiger partial charge in [-0.2, -0.15) is 5.10 Å². The van der Waals surface area contributed by atoms with E-state index in [1.54, 1.807) is 9.58 Å². The number of carbonyl (C=O) groups excluding carboxylic acids is 1. The second kappa shape index (κ2) is 10.6. The molecular weight excluding hydrogens is 382 g/mol. The Balaban J connectivity index is 1.84. The van der Waals surface area contributed by atoms with Crippen LogP contribution in [0.4, 0.5) is 0 Å². The maximum atomic E-state index is 13.3. The van der Waals surface area contributed by atoms with Gasteiger partial charge >= 0.3 is 0 Å². The van der Waals surface area contributed by atoms with Crippen molar-refractivity contribution in [2.75, 3.05) is 13.6 Å². The minimum absolute atomic E-state index is 0.0492. The molecular formula is C27H31N3O. The first-order valence-electron chi connectivity index (χ1n) is 10.7. The number of nitrogens with zero attached hydrogens (tertiary/aromatic N) is 3. The Bertz CT molecular complexity index is 1060. The summed E-state index contributed by atoms with van der Waals surface area (Å²) in [6.45, 7) is 6.93. The Morgan fingerprint density at radius 2 is 1.61 bits per heavy atom. The lowest BCUT2D eigenvalue weighted by atomic mass is 10.1. The molecule has 0 aliphatic rings. The topological polar surface area (TPSA) is 38.1 Å². The van der Waals surface area contributed by atoms with Crippen LogP contribution in [0, 0.1) is 0 Å². The second-order valence-electron chi connectivity index (χ2n) is 8.08. The Kier molecular flexibility index (Phi) is 7.60. The quantitative estimate of drug-likeness (QED) is 0.406. The molecule has 3 aromatic rings. The zero-order valence-electron chi connectivity index (χ0n) is 18.9. The molecule has 0 fully saturated rings. The molecule has 0 aliphatic heterocycles. The van der Waals surface area contributed by atoms with Crippen LogP contribution in [-0.2, 0) is 0 Å². The van der Waals surface area contributed by atoms with Crippen LogP contribution in [0.3, 0.4) is 0 Å². The van der Waals surface area contributed by atoms with E-state index in [0.717, 1.165) is 29.8 Å². The van der Waals surface area contributed by atoms with Crippen LogP contribution in [0.2, 0.25) is 0 Å². The monoisotopic (exact) mass is 413 g/mol. The Hall–Kier alpha value is -3.40. The largest absolute Gasteiger partial charge is 0.337 e. The minimum atomic E-state index is -0.0492. The Morgan fingerprint density at radius 1 is 0.968 bits per heavy atom. The lowest BCUT2D eigenvalue weighted by molar-refractivity contribution is 0.0801. The first kappa shape index (κ1) is 22.3. The third kappa shape index (κ3) is 6.05. The van der Waals surface area contributed by atoms with Gasteiger partial charge in [-0.15, -0.1) is 0 Å². The molecule has 0 aliphatic carbocycles. The average molecular weight is 414 g/mol. The van der Waals surface area contributed by atoms with Crippen LogP contribution < -0.4 is 0 Å². The van der Waals surface area contributed by atoms with E-state index in [1.165, 1.54) is 11.1 Å². The summed E-state index contributed by atoms with van der Waals surface area (Å²) >= 11 is 0. The molecule has 4 heteroatoms. The van der Waals surface area contributed by atoms with E-state index in [2.05, 4.69) is 32.9 Å². The van der Waals surface area contributed by atoms with Gasteiger partial charge in [0, 0.05) is 19.2 Å². The van der Waals surface area contributed by atoms with Crippen molar-refractivity contribution in [1.82, 2.24) is 14.7 Å². The Labute approximate surface area is 185 Å². The van der Waals surface area contributed by atoms with Crippen molar-refractivity contribution in [3.05, 3.63) is 95.7 Å². The average Bonchev–Trinajstić information content (AvgIpc) is 3.23. The van der Waals surface area contributed by atoms with E-state index < -0.39 is 0 Å². The lowest BCUT2D eigenvalue weighted by Gasteiger charge is -2.16. The standard InChI is InChI=1S/C27H31N3O/c1-21(2)12-11-13-22(3)18-19-29(4)27(31)26-20-25(23-14-7-5-8-15-23)28-30(26)24-16-9-6-10-17-24/h5-10,12,14-18,20H,11,13,19H2,1-4H3/b22-18+. The minimum Gasteiger partial charge on any atom is -0.337 e. The number of hydrogen-bond donors (Lipinski definition) is 0. The van der Waals surface area contributed by atoms with Gasteiger partial charge in [0.25, 0.3) is 5.91 Å². The summed E-state index contributed by atoms with van der Waals surface area (Å²) in [5.41, 5.74) is 5.83. The molecule has 0 unspecified atom stereocenters. The highest BCUT2D eigenvalue weighted by atomic mass is 16.2. The van der Waals surface area contributed by atoms with E-state index in [4.69, 9.17) is 5.10 Å². The van der Waals surface area contributed by atoms with E-state index >= 15 is 0 Å². The van der Waals surface area contributed by atoms with Crippen molar-refractivity contribution in [3.8, 4) is 16.9 Å². The molecule has 0 N–H and O–H groups in total. The van der Waals surface area contributed by atoms with Gasteiger partial charge in [0.15, 0.2) is 0 Å². The molecule has 0 radical (unpaired) electrons. The molecule has 3 rings (SSSR count). The fourth-order valence-corrected chi connectivity index (χ4v) is 3.31. The number of benzene rings is 2. The number of para-hydroxylation sites is 1. The molecule has 0 spiro atoms. The summed E-state index contributed by atoms with van der Waals surface area (Å²) < 4.78 is 1.74. The third-order valence-corrected chi connectivity index (χ3v) is 5.15. The van der Waals surface area contributed by atoms with E-state index in [9.17, 15) is 4.79 Å². The van der Waals surface area contributed by atoms with Crippen molar-refractivity contribution < 1.29 is 4.79 Å². The zero-order chi connectivity index (χ0) is 22.2. The summed E-state index contributed by atoms with van der Waals surface area (Å²) in [4.78, 5) is 15.1. The van der Waals surface area contributed by atoms with Gasteiger partial charge in [0.1, 0.15) is 5.69 Å². The predicted molar refractivity (Wildman–Crippen MR) is 128 cm³/mol. The van der Waals surface area contributed by atoms with Crippen LogP contribution in [-0.4, -0.2) is 34.2 Å². The molecule has 0 atom stereocenters. The fraction of sp³-hybridized carbons (Fsp3) is 0.259. The molecule has 1 heterocycles. The zero-order valence-corrected chi connectivity index (χ0v) is 18.9. The van der Waals surface area contributed by atoms with Crippen LogP contribution in [0.1, 0.15) is 44.1 Å². The summed E-state index contributed by atoms with van der Waals surface area (Å²) in [7, 11) is 1.84. The number of hydrogen-bond acceptors (Lipinski definition) is 2. The van der Waals surface area contributed by atoms with Gasteiger partial charge in [0.2, 0.25) is 0 Å². The maximum absolute atomic E-state index is 13.3. The number of rotatable bonds is 8. The van der Waals surface area contributed by atoms with Gasteiger partial charge in [-0.1, -0.05) is 71.8 Å². The molecule has 1 aromatic heterocycles. The maximum Gasteiger partial charge on any atom is 0.272 e. The fourth-order valence-electron chi connectivity index (χ4n) is 3.31. The van der Waals surface area contributed by atoms with E-state index in [-0.39, 0.29) is 5.91 Å². The van der Waals surface area contributed by atoms with E-state index in [0.29, 0.717) is 12.2 Å². The van der Waals surface area contributed by atoms with Crippen molar-refractivity contribution in [2.24, 2.45) is 0 Å². The molecule has 0 bridgehead atoms. The first-order chi connectivity index (χ1) is 15.0. The molecule has 160 valence electrons. The smallest absolute Gasteiger partial charge is 0.272 e. The molecule has 0 saturated heterocycles. The number of allylic oxidation sites excluding steroid dienone is 3. The summed E-state index contributed by atoms with van der Waals surface area (Å²) in [5, 5.41) is 4.75. The predicted octanol–water partition coefficient (Wildman–Crippen LogP) is 6.30. The number of carbonyl (C=O) groups is 1. The number of amides is 1. The molecule has 4 nitrogen and oxygen atoms in total. The van der Waals surface area contributed by atoms with Gasteiger partial charge in [-0.05, 0) is 51.8 Å². The van der Waals surface area contributed by atoms with Gasteiger partial charge in [-0.25, -0.2) is 4.68 Å². The van der Waals surface area contributed by atoms with Crippen molar-refractivity contribution >= 4 is 5.91 Å². The van der Waals surface area contributed by atoms with Crippen molar-refractivity contribution in [1.29, 1.82) is 0 Å². The van der Waals surface area contributed by atoms with Crippen LogP contribution in [0.25, 0.3) is 16.9 Å². The highest BCUT2D eigenvalue weighted by molar-refractivity contribution is 5.94. The van der Waals surface area contributed by atoms with Gasteiger partial charge in [0.05, 0.1) is 11.4 Å². The SMILES string of the molecule is CC(C)=CCC/C(C)=C/CN(C)C(=O)c1cc(-c2ccccc2)nn1-c1ccccc1. The molecule has 1 amide bonds. The highest BCUT2D eigenvalue weighted by Crippen LogP contribution is 2.22. The van der Waals surface area contributed by atoms with Crippen LogP contribution in [0.15, 0.2) is 90.0 Å². The normalized spacial score (nSPS) is 11.3. The molecule has 0 saturated carbocycles. The summed E-state index contributed by atoms with van der Waals surface area (Å²) in [6.07, 6.45) is 6.42. The highest BCUT2D eigenvalue weighted by Gasteiger charge is 2.20. The Morgan fingerprint density at radius 3 is 2.26 bits per heavy atom. The number of aromatic nitrogens is 2. The summed E-state index contributed by atoms with van der Waals surface area (Å²) in [6, 6.07) is 21.6. The number of likely N-dealkylation sites (N-methyl/N-ethyl adjacent to an activating group) is 1. The van der Waals surface area contributed by atoms with E-state index in [1.807, 2.05) is 73.8 Å². The van der Waals surface area contributed by atoms with Gasteiger partial charge < -0.3 is 4.90 Å². The molecule has 31 heavy (non-hydrogen) atoms. The van der Waals surface area contributed by atoms with Crippen molar-refractivity contribution in [3.63, 3.8) is 0 Å². The van der Waals surface area contributed by atoms with Crippen molar-refractivity contribution in [2.45, 2.75) is 33.6 Å². The first-order valence-corrected chi connectivity index (χ1v) is 10.7. The van der Waals surface area contributed by atoms with Crippen LogP contribution in [0.5, 0.6) is 0 Å². The second-order valence-corrected chi connectivity index (χ2v) is 8.08. The lowest BCUT2D eigenvalue weighted by Crippen LogP contribution is -2.29. The third-order valence-electron chi connectivity index (χ3n) is 5.15. The molecule has 2 aromatic carbocycles.